The Bertz CT molecular complexity index is 269. The highest BCUT2D eigenvalue weighted by Crippen LogP contribution is 2.28. The molecule has 0 saturated heterocycles. The summed E-state index contributed by atoms with van der Waals surface area (Å²) in [6.07, 6.45) is 0. The minimum Gasteiger partial charge on any atom is -0.468 e. The standard InChI is InChI=1S/C6H3Cl3.C3H6O2/c7-4-2-1-3-5(8)6(4)9;1-2-5-3-4/h1-3H;3H,2H2,1H3. The van der Waals surface area contributed by atoms with Crippen LogP contribution in [0.25, 0.3) is 0 Å². The Morgan fingerprint density at radius 1 is 1.29 bits per heavy atom. The van der Waals surface area contributed by atoms with Crippen molar-refractivity contribution in [2.24, 2.45) is 0 Å². The Labute approximate surface area is 97.7 Å². The van der Waals surface area contributed by atoms with Crippen molar-refractivity contribution in [3.63, 3.8) is 0 Å². The van der Waals surface area contributed by atoms with Gasteiger partial charge in [-0.3, -0.25) is 4.79 Å². The van der Waals surface area contributed by atoms with Gasteiger partial charge in [0.1, 0.15) is 0 Å². The summed E-state index contributed by atoms with van der Waals surface area (Å²) in [6, 6.07) is 5.13. The minimum absolute atomic E-state index is 0.417. The molecule has 0 unspecified atom stereocenters. The van der Waals surface area contributed by atoms with E-state index in [2.05, 4.69) is 4.74 Å². The lowest BCUT2D eigenvalue weighted by Crippen LogP contribution is -1.80. The molecule has 0 fully saturated rings. The lowest BCUT2D eigenvalue weighted by molar-refractivity contribution is -0.128. The van der Waals surface area contributed by atoms with E-state index < -0.39 is 0 Å². The Morgan fingerprint density at radius 2 is 1.79 bits per heavy atom. The predicted octanol–water partition coefficient (Wildman–Crippen LogP) is 3.83. The van der Waals surface area contributed by atoms with Crippen LogP contribution < -0.4 is 0 Å². The molecule has 1 rings (SSSR count). The van der Waals surface area contributed by atoms with Crippen LogP contribution in [0.1, 0.15) is 6.92 Å². The van der Waals surface area contributed by atoms with E-state index in [4.69, 9.17) is 34.8 Å². The van der Waals surface area contributed by atoms with Gasteiger partial charge in [-0.15, -0.1) is 0 Å². The van der Waals surface area contributed by atoms with Crippen LogP contribution in [-0.4, -0.2) is 13.1 Å². The van der Waals surface area contributed by atoms with Crippen LogP contribution in [0, 0.1) is 0 Å². The van der Waals surface area contributed by atoms with Crippen molar-refractivity contribution >= 4 is 41.3 Å². The first-order chi connectivity index (χ1) is 6.63. The summed E-state index contributed by atoms with van der Waals surface area (Å²) < 4.78 is 4.15. The van der Waals surface area contributed by atoms with Gasteiger partial charge in [0.05, 0.1) is 21.7 Å². The third-order valence-corrected chi connectivity index (χ3v) is 2.37. The van der Waals surface area contributed by atoms with E-state index in [1.54, 1.807) is 25.1 Å². The van der Waals surface area contributed by atoms with Crippen LogP contribution in [0.15, 0.2) is 18.2 Å². The van der Waals surface area contributed by atoms with E-state index in [1.165, 1.54) is 0 Å². The van der Waals surface area contributed by atoms with E-state index in [0.717, 1.165) is 0 Å². The first kappa shape index (κ1) is 13.6. The summed E-state index contributed by atoms with van der Waals surface area (Å²) in [5.74, 6) is 0. The smallest absolute Gasteiger partial charge is 0.293 e. The Balaban J connectivity index is 0.000000292. The first-order valence-electron chi connectivity index (χ1n) is 3.78. The second-order valence-electron chi connectivity index (χ2n) is 2.09. The largest absolute Gasteiger partial charge is 0.468 e. The summed E-state index contributed by atoms with van der Waals surface area (Å²) in [5.41, 5.74) is 0. The zero-order valence-corrected chi connectivity index (χ0v) is 9.73. The molecule has 0 radical (unpaired) electrons. The zero-order chi connectivity index (χ0) is 11.0. The Morgan fingerprint density at radius 3 is 2.00 bits per heavy atom. The number of benzene rings is 1. The summed E-state index contributed by atoms with van der Waals surface area (Å²) in [5, 5.41) is 1.40. The Hall–Kier alpha value is -0.440. The quantitative estimate of drug-likeness (QED) is 0.593. The number of halogens is 3. The van der Waals surface area contributed by atoms with Crippen LogP contribution in [0.5, 0.6) is 0 Å². The fraction of sp³-hybridized carbons (Fsp3) is 0.222. The number of hydrogen-bond donors (Lipinski definition) is 0. The number of carbonyl (C=O) groups is 1. The topological polar surface area (TPSA) is 26.3 Å². The van der Waals surface area contributed by atoms with Crippen LogP contribution in [0.2, 0.25) is 15.1 Å². The maximum absolute atomic E-state index is 9.18. The normalized spacial score (nSPS) is 8.57. The molecule has 5 heteroatoms. The molecule has 0 atom stereocenters. The Kier molecular flexibility index (Phi) is 7.67. The maximum Gasteiger partial charge on any atom is 0.293 e. The molecule has 0 spiro atoms. The van der Waals surface area contributed by atoms with Gasteiger partial charge in [-0.2, -0.15) is 0 Å². The van der Waals surface area contributed by atoms with E-state index in [-0.39, 0.29) is 0 Å². The molecule has 0 heterocycles. The maximum atomic E-state index is 9.18. The highest BCUT2D eigenvalue weighted by atomic mass is 35.5. The molecular weight excluding hydrogens is 246 g/mol. The van der Waals surface area contributed by atoms with Gasteiger partial charge < -0.3 is 4.74 Å². The molecule has 78 valence electrons. The van der Waals surface area contributed by atoms with Gasteiger partial charge in [0.15, 0.2) is 0 Å². The molecule has 0 amide bonds. The van der Waals surface area contributed by atoms with E-state index in [0.29, 0.717) is 28.1 Å². The van der Waals surface area contributed by atoms with E-state index in [9.17, 15) is 4.79 Å². The van der Waals surface area contributed by atoms with Crippen molar-refractivity contribution in [2.75, 3.05) is 6.61 Å². The van der Waals surface area contributed by atoms with E-state index >= 15 is 0 Å². The third kappa shape index (κ3) is 5.32. The number of carbonyl (C=O) groups excluding carboxylic acids is 1. The molecule has 0 aliphatic rings. The molecule has 1 aromatic rings. The number of rotatable bonds is 2. The van der Waals surface area contributed by atoms with Crippen molar-refractivity contribution in [1.29, 1.82) is 0 Å². The average Bonchev–Trinajstić information content (AvgIpc) is 2.16. The summed E-state index contributed by atoms with van der Waals surface area (Å²) in [6.45, 7) is 2.66. The molecular formula is C9H9Cl3O2. The number of hydrogen-bond acceptors (Lipinski definition) is 2. The predicted molar refractivity (Wildman–Crippen MR) is 59.2 cm³/mol. The molecule has 2 nitrogen and oxygen atoms in total. The first-order valence-corrected chi connectivity index (χ1v) is 4.91. The lowest BCUT2D eigenvalue weighted by atomic mass is 10.4. The van der Waals surface area contributed by atoms with Crippen molar-refractivity contribution in [1.82, 2.24) is 0 Å². The van der Waals surface area contributed by atoms with Crippen LogP contribution >= 0.6 is 34.8 Å². The molecule has 0 bridgehead atoms. The van der Waals surface area contributed by atoms with Crippen molar-refractivity contribution < 1.29 is 9.53 Å². The average molecular weight is 256 g/mol. The zero-order valence-electron chi connectivity index (χ0n) is 7.47. The summed E-state index contributed by atoms with van der Waals surface area (Å²) in [7, 11) is 0. The summed E-state index contributed by atoms with van der Waals surface area (Å²) in [4.78, 5) is 9.18. The highest BCUT2D eigenvalue weighted by Gasteiger charge is 1.98. The summed E-state index contributed by atoms with van der Waals surface area (Å²) >= 11 is 16.8. The van der Waals surface area contributed by atoms with Gasteiger partial charge in [0, 0.05) is 0 Å². The van der Waals surface area contributed by atoms with Gasteiger partial charge >= 0.3 is 0 Å². The molecule has 0 N–H and O–H groups in total. The minimum atomic E-state index is 0.417. The second-order valence-corrected chi connectivity index (χ2v) is 3.28. The fourth-order valence-electron chi connectivity index (χ4n) is 0.546. The SMILES string of the molecule is CCOC=O.Clc1cccc(Cl)c1Cl. The van der Waals surface area contributed by atoms with Gasteiger partial charge in [0.2, 0.25) is 0 Å². The van der Waals surface area contributed by atoms with Crippen molar-refractivity contribution in [2.45, 2.75) is 6.92 Å². The van der Waals surface area contributed by atoms with Gasteiger partial charge in [-0.25, -0.2) is 0 Å². The molecule has 0 aliphatic heterocycles. The van der Waals surface area contributed by atoms with Crippen molar-refractivity contribution in [3.05, 3.63) is 33.3 Å². The lowest BCUT2D eigenvalue weighted by Gasteiger charge is -1.94. The molecule has 1 aromatic carbocycles. The molecule has 0 aromatic heterocycles. The van der Waals surface area contributed by atoms with Crippen LogP contribution in [0.4, 0.5) is 0 Å². The van der Waals surface area contributed by atoms with Crippen LogP contribution in [0.3, 0.4) is 0 Å². The van der Waals surface area contributed by atoms with Gasteiger partial charge in [-0.1, -0.05) is 40.9 Å². The molecule has 14 heavy (non-hydrogen) atoms. The van der Waals surface area contributed by atoms with Gasteiger partial charge in [0.25, 0.3) is 6.47 Å². The van der Waals surface area contributed by atoms with Crippen LogP contribution in [-0.2, 0) is 9.53 Å². The van der Waals surface area contributed by atoms with E-state index in [1.807, 2.05) is 0 Å². The highest BCUT2D eigenvalue weighted by molar-refractivity contribution is 6.47. The number of ether oxygens (including phenoxy) is 1. The van der Waals surface area contributed by atoms with Gasteiger partial charge in [-0.05, 0) is 19.1 Å². The van der Waals surface area contributed by atoms with Crippen molar-refractivity contribution in [3.8, 4) is 0 Å². The monoisotopic (exact) mass is 254 g/mol. The molecule has 0 saturated carbocycles. The fourth-order valence-corrected chi connectivity index (χ4v) is 1.07. The third-order valence-electron chi connectivity index (χ3n) is 1.14. The molecule has 0 aliphatic carbocycles. The second kappa shape index (κ2) is 7.92.